The second-order valence-corrected chi connectivity index (χ2v) is 8.12. The lowest BCUT2D eigenvalue weighted by Gasteiger charge is -2.27. The molecule has 2 rings (SSSR count). The molecule has 1 aromatic carbocycles. The lowest BCUT2D eigenvalue weighted by atomic mass is 10.1. The first kappa shape index (κ1) is 22.9. The number of aryl methyl sites for hydroxylation is 1. The van der Waals surface area contributed by atoms with Gasteiger partial charge in [-0.1, -0.05) is 13.0 Å². The van der Waals surface area contributed by atoms with Crippen molar-refractivity contribution in [2.24, 2.45) is 5.73 Å². The number of nitrogens with zero attached hydrogens (tertiary/aromatic N) is 1. The highest BCUT2D eigenvalue weighted by Gasteiger charge is 2.28. The fourth-order valence-corrected chi connectivity index (χ4v) is 4.40. The molecule has 1 aromatic rings. The summed E-state index contributed by atoms with van der Waals surface area (Å²) in [5.74, 6) is -0.290. The van der Waals surface area contributed by atoms with Crippen molar-refractivity contribution >= 4 is 28.3 Å². The van der Waals surface area contributed by atoms with Crippen LogP contribution in [-0.4, -0.2) is 57.5 Å². The van der Waals surface area contributed by atoms with Crippen molar-refractivity contribution in [1.29, 1.82) is 0 Å². The molecule has 26 heavy (non-hydrogen) atoms. The first-order chi connectivity index (χ1) is 11.9. The van der Waals surface area contributed by atoms with E-state index in [9.17, 15) is 13.2 Å². The van der Waals surface area contributed by atoms with Crippen molar-refractivity contribution in [2.75, 3.05) is 32.8 Å². The monoisotopic (exact) mass is 405 g/mol. The minimum atomic E-state index is -3.64. The summed E-state index contributed by atoms with van der Waals surface area (Å²) in [6.07, 6.45) is 1.24. The van der Waals surface area contributed by atoms with Crippen molar-refractivity contribution in [3.63, 3.8) is 0 Å². The number of carbonyl (C=O) groups excluding carboxylic acids is 1. The molecule has 9 heteroatoms. The highest BCUT2D eigenvalue weighted by molar-refractivity contribution is 7.89. The summed E-state index contributed by atoms with van der Waals surface area (Å²) in [7, 11) is -3.64. The van der Waals surface area contributed by atoms with Crippen LogP contribution in [0.2, 0.25) is 0 Å². The molecular formula is C17H28ClN3O4S. The number of rotatable bonds is 7. The minimum Gasteiger partial charge on any atom is -0.379 e. The lowest BCUT2D eigenvalue weighted by molar-refractivity contribution is 0.0730. The van der Waals surface area contributed by atoms with Gasteiger partial charge < -0.3 is 15.8 Å². The Balaban J connectivity index is 0.00000338. The SMILES string of the molecule is CCc1ccc(C(=O)NCCC(C)N)cc1S(=O)(=O)N1CCOCC1.Cl. The minimum absolute atomic E-state index is 0. The van der Waals surface area contributed by atoms with Crippen LogP contribution in [0.4, 0.5) is 0 Å². The Hall–Kier alpha value is -1.19. The third kappa shape index (κ3) is 5.65. The molecule has 3 N–H and O–H groups in total. The summed E-state index contributed by atoms with van der Waals surface area (Å²) in [6.45, 7) is 5.66. The molecule has 0 radical (unpaired) electrons. The maximum absolute atomic E-state index is 13.0. The number of ether oxygens (including phenoxy) is 1. The van der Waals surface area contributed by atoms with Crippen molar-refractivity contribution in [1.82, 2.24) is 9.62 Å². The van der Waals surface area contributed by atoms with Gasteiger partial charge in [0, 0.05) is 31.2 Å². The molecule has 0 bridgehead atoms. The van der Waals surface area contributed by atoms with Crippen LogP contribution < -0.4 is 11.1 Å². The summed E-state index contributed by atoms with van der Waals surface area (Å²) in [4.78, 5) is 12.5. The molecule has 1 atom stereocenters. The summed E-state index contributed by atoms with van der Waals surface area (Å²) in [5.41, 5.74) is 6.72. The number of benzene rings is 1. The molecule has 0 saturated carbocycles. The molecule has 7 nitrogen and oxygen atoms in total. The number of nitrogens with one attached hydrogen (secondary N) is 1. The molecule has 1 saturated heterocycles. The van der Waals surface area contributed by atoms with Crippen LogP contribution in [0.15, 0.2) is 23.1 Å². The quantitative estimate of drug-likeness (QED) is 0.708. The Morgan fingerprint density at radius 3 is 2.58 bits per heavy atom. The van der Waals surface area contributed by atoms with Gasteiger partial charge in [-0.2, -0.15) is 4.31 Å². The average Bonchev–Trinajstić information content (AvgIpc) is 2.61. The number of carbonyl (C=O) groups is 1. The molecule has 1 amide bonds. The topological polar surface area (TPSA) is 102 Å². The van der Waals surface area contributed by atoms with Crippen molar-refractivity contribution < 1.29 is 17.9 Å². The summed E-state index contributed by atoms with van der Waals surface area (Å²) >= 11 is 0. The molecule has 0 aliphatic carbocycles. The fraction of sp³-hybridized carbons (Fsp3) is 0.588. The Kier molecular flexibility index (Phi) is 8.99. The number of sulfonamides is 1. The van der Waals surface area contributed by atoms with Crippen LogP contribution >= 0.6 is 12.4 Å². The standard InChI is InChI=1S/C17H27N3O4S.ClH/c1-3-14-4-5-15(17(21)19-7-6-13(2)18)12-16(14)25(22,23)20-8-10-24-11-9-20;/h4-5,12-13H,3,6-11,18H2,1-2H3,(H,19,21);1H. The molecular weight excluding hydrogens is 378 g/mol. The van der Waals surface area contributed by atoms with Gasteiger partial charge in [0.1, 0.15) is 0 Å². The molecule has 1 fully saturated rings. The van der Waals surface area contributed by atoms with Crippen LogP contribution in [0.1, 0.15) is 36.2 Å². The normalized spacial score (nSPS) is 16.6. The number of morpholine rings is 1. The molecule has 148 valence electrons. The predicted octanol–water partition coefficient (Wildman–Crippen LogP) is 1.16. The van der Waals surface area contributed by atoms with Gasteiger partial charge in [0.25, 0.3) is 5.91 Å². The zero-order valence-corrected chi connectivity index (χ0v) is 16.9. The number of nitrogens with two attached hydrogens (primary N) is 1. The van der Waals surface area contributed by atoms with Crippen molar-refractivity contribution in [2.45, 2.75) is 37.6 Å². The van der Waals surface area contributed by atoms with E-state index in [1.165, 1.54) is 10.4 Å². The second kappa shape index (κ2) is 10.2. The van der Waals surface area contributed by atoms with E-state index in [0.717, 1.165) is 0 Å². The molecule has 0 spiro atoms. The van der Waals surface area contributed by atoms with E-state index in [4.69, 9.17) is 10.5 Å². The number of hydrogen-bond acceptors (Lipinski definition) is 5. The third-order valence-electron chi connectivity index (χ3n) is 4.18. The van der Waals surface area contributed by atoms with Crippen LogP contribution in [0.3, 0.4) is 0 Å². The average molecular weight is 406 g/mol. The summed E-state index contributed by atoms with van der Waals surface area (Å²) in [5, 5.41) is 2.78. The van der Waals surface area contributed by atoms with Crippen molar-refractivity contribution in [3.8, 4) is 0 Å². The molecule has 1 unspecified atom stereocenters. The fourth-order valence-electron chi connectivity index (χ4n) is 2.67. The van der Waals surface area contributed by atoms with E-state index in [1.54, 1.807) is 12.1 Å². The van der Waals surface area contributed by atoms with Gasteiger partial charge in [0.15, 0.2) is 0 Å². The molecule has 1 aliphatic heterocycles. The largest absolute Gasteiger partial charge is 0.379 e. The highest BCUT2D eigenvalue weighted by atomic mass is 35.5. The number of hydrogen-bond donors (Lipinski definition) is 2. The summed E-state index contributed by atoms with van der Waals surface area (Å²) < 4.78 is 32.6. The molecule has 1 aliphatic rings. The lowest BCUT2D eigenvalue weighted by Crippen LogP contribution is -2.41. The zero-order chi connectivity index (χ0) is 18.4. The van der Waals surface area contributed by atoms with Gasteiger partial charge in [-0.05, 0) is 37.5 Å². The summed E-state index contributed by atoms with van der Waals surface area (Å²) in [6, 6.07) is 4.86. The first-order valence-electron chi connectivity index (χ1n) is 8.61. The number of amides is 1. The van der Waals surface area contributed by atoms with E-state index in [-0.39, 0.29) is 29.3 Å². The Morgan fingerprint density at radius 2 is 2.00 bits per heavy atom. The van der Waals surface area contributed by atoms with Gasteiger partial charge in [-0.15, -0.1) is 12.4 Å². The smallest absolute Gasteiger partial charge is 0.251 e. The van der Waals surface area contributed by atoms with E-state index in [1.807, 2.05) is 13.8 Å². The molecule has 1 heterocycles. The zero-order valence-electron chi connectivity index (χ0n) is 15.2. The van der Waals surface area contributed by atoms with Gasteiger partial charge in [-0.25, -0.2) is 8.42 Å². The Morgan fingerprint density at radius 1 is 1.35 bits per heavy atom. The predicted molar refractivity (Wildman–Crippen MR) is 103 cm³/mol. The Labute approximate surface area is 161 Å². The van der Waals surface area contributed by atoms with Gasteiger partial charge in [0.05, 0.1) is 18.1 Å². The van der Waals surface area contributed by atoms with E-state index < -0.39 is 10.0 Å². The Bertz CT molecular complexity index is 704. The van der Waals surface area contributed by atoms with Crippen LogP contribution in [0.5, 0.6) is 0 Å². The van der Waals surface area contributed by atoms with Crippen LogP contribution in [0, 0.1) is 0 Å². The number of halogens is 1. The highest BCUT2D eigenvalue weighted by Crippen LogP contribution is 2.23. The van der Waals surface area contributed by atoms with Gasteiger partial charge >= 0.3 is 0 Å². The van der Waals surface area contributed by atoms with E-state index >= 15 is 0 Å². The maximum Gasteiger partial charge on any atom is 0.251 e. The van der Waals surface area contributed by atoms with Gasteiger partial charge in [-0.3, -0.25) is 4.79 Å². The van der Waals surface area contributed by atoms with E-state index in [0.29, 0.717) is 56.8 Å². The van der Waals surface area contributed by atoms with Crippen molar-refractivity contribution in [3.05, 3.63) is 29.3 Å². The van der Waals surface area contributed by atoms with Crippen LogP contribution in [0.25, 0.3) is 0 Å². The van der Waals surface area contributed by atoms with Gasteiger partial charge in [0.2, 0.25) is 10.0 Å². The first-order valence-corrected chi connectivity index (χ1v) is 10.0. The van der Waals surface area contributed by atoms with Crippen LogP contribution in [-0.2, 0) is 21.2 Å². The van der Waals surface area contributed by atoms with E-state index in [2.05, 4.69) is 5.32 Å². The molecule has 0 aromatic heterocycles. The third-order valence-corrected chi connectivity index (χ3v) is 6.16. The maximum atomic E-state index is 13.0. The second-order valence-electron chi connectivity index (χ2n) is 6.21.